The van der Waals surface area contributed by atoms with Gasteiger partial charge in [-0.15, -0.1) is 0 Å². The largest absolute Gasteiger partial charge is 0.475 e. The molecule has 1 aliphatic heterocycles. The fraction of sp³-hybridized carbons (Fsp3) is 0.500. The fourth-order valence-corrected chi connectivity index (χ4v) is 1.81. The Morgan fingerprint density at radius 3 is 2.58 bits per heavy atom. The van der Waals surface area contributed by atoms with Gasteiger partial charge >= 0.3 is 5.97 Å². The monoisotopic (exact) mass is 268 g/mol. The lowest BCUT2D eigenvalue weighted by Gasteiger charge is -2.26. The highest BCUT2D eigenvalue weighted by atomic mass is 16.5. The summed E-state index contributed by atoms with van der Waals surface area (Å²) < 4.78 is 10.1. The zero-order valence-electron chi connectivity index (χ0n) is 10.4. The van der Waals surface area contributed by atoms with E-state index in [1.165, 1.54) is 12.1 Å². The molecule has 0 aliphatic carbocycles. The van der Waals surface area contributed by atoms with E-state index in [2.05, 4.69) is 10.2 Å². The number of carboxylic acid groups (broad SMARTS) is 1. The molecule has 0 atom stereocenters. The lowest BCUT2D eigenvalue weighted by atomic mass is 10.4. The Labute approximate surface area is 110 Å². The molecule has 0 aromatic carbocycles. The summed E-state index contributed by atoms with van der Waals surface area (Å²) in [6.45, 7) is 4.38. The number of hydrogen-bond acceptors (Lipinski definition) is 5. The van der Waals surface area contributed by atoms with E-state index in [1.54, 1.807) is 0 Å². The Morgan fingerprint density at radius 2 is 1.95 bits per heavy atom. The minimum absolute atomic E-state index is 0.0133. The third-order valence-electron chi connectivity index (χ3n) is 2.86. The van der Waals surface area contributed by atoms with Crippen molar-refractivity contribution in [1.29, 1.82) is 0 Å². The van der Waals surface area contributed by atoms with E-state index in [0.29, 0.717) is 19.8 Å². The molecular weight excluding hydrogens is 252 g/mol. The van der Waals surface area contributed by atoms with Crippen molar-refractivity contribution in [3.8, 4) is 0 Å². The number of morpholine rings is 1. The number of hydrogen-bond donors (Lipinski definition) is 2. The molecule has 0 unspecified atom stereocenters. The molecule has 0 radical (unpaired) electrons. The summed E-state index contributed by atoms with van der Waals surface area (Å²) in [5, 5.41) is 11.4. The molecular formula is C12H16N2O5. The number of furan rings is 1. The first-order valence-corrected chi connectivity index (χ1v) is 6.08. The Kier molecular flexibility index (Phi) is 4.53. The van der Waals surface area contributed by atoms with Crippen LogP contribution in [0, 0.1) is 0 Å². The van der Waals surface area contributed by atoms with Crippen molar-refractivity contribution < 1.29 is 23.8 Å². The van der Waals surface area contributed by atoms with Gasteiger partial charge in [0, 0.05) is 26.2 Å². The van der Waals surface area contributed by atoms with Crippen LogP contribution in [0.1, 0.15) is 21.1 Å². The Bertz CT molecular complexity index is 451. The van der Waals surface area contributed by atoms with Crippen molar-refractivity contribution >= 4 is 11.9 Å². The van der Waals surface area contributed by atoms with Crippen LogP contribution < -0.4 is 5.32 Å². The highest BCUT2D eigenvalue weighted by Crippen LogP contribution is 2.07. The second-order valence-corrected chi connectivity index (χ2v) is 4.18. The summed E-state index contributed by atoms with van der Waals surface area (Å²) in [5.74, 6) is -1.81. The predicted octanol–water partition coefficient (Wildman–Crippen LogP) is 0.0398. The van der Waals surface area contributed by atoms with E-state index < -0.39 is 11.9 Å². The third-order valence-corrected chi connectivity index (χ3v) is 2.86. The van der Waals surface area contributed by atoms with E-state index in [1.807, 2.05) is 0 Å². The SMILES string of the molecule is O=C(O)c1ccc(C(=O)NCCN2CCOCC2)o1. The average molecular weight is 268 g/mol. The third kappa shape index (κ3) is 3.80. The molecule has 1 aromatic rings. The van der Waals surface area contributed by atoms with Gasteiger partial charge < -0.3 is 19.6 Å². The number of rotatable bonds is 5. The quantitative estimate of drug-likeness (QED) is 0.783. The van der Waals surface area contributed by atoms with Crippen LogP contribution in [0.4, 0.5) is 0 Å². The first-order valence-electron chi connectivity index (χ1n) is 6.08. The highest BCUT2D eigenvalue weighted by Gasteiger charge is 2.15. The molecule has 2 heterocycles. The molecule has 7 heteroatoms. The van der Waals surface area contributed by atoms with Crippen molar-refractivity contribution in [1.82, 2.24) is 10.2 Å². The minimum Gasteiger partial charge on any atom is -0.475 e. The van der Waals surface area contributed by atoms with Crippen LogP contribution in [0.15, 0.2) is 16.5 Å². The summed E-state index contributed by atoms with van der Waals surface area (Å²) in [7, 11) is 0. The lowest BCUT2D eigenvalue weighted by Crippen LogP contribution is -2.41. The first kappa shape index (κ1) is 13.6. The van der Waals surface area contributed by atoms with Crippen molar-refractivity contribution in [3.05, 3.63) is 23.7 Å². The van der Waals surface area contributed by atoms with E-state index in [-0.39, 0.29) is 11.5 Å². The zero-order chi connectivity index (χ0) is 13.7. The molecule has 19 heavy (non-hydrogen) atoms. The van der Waals surface area contributed by atoms with E-state index >= 15 is 0 Å². The maximum absolute atomic E-state index is 11.7. The fourth-order valence-electron chi connectivity index (χ4n) is 1.81. The van der Waals surface area contributed by atoms with Crippen LogP contribution in [0.25, 0.3) is 0 Å². The molecule has 1 saturated heterocycles. The van der Waals surface area contributed by atoms with E-state index in [0.717, 1.165) is 19.6 Å². The summed E-state index contributed by atoms with van der Waals surface area (Å²) in [5.41, 5.74) is 0. The molecule has 2 rings (SSSR count). The summed E-state index contributed by atoms with van der Waals surface area (Å²) >= 11 is 0. The van der Waals surface area contributed by atoms with Crippen LogP contribution in [-0.2, 0) is 4.74 Å². The van der Waals surface area contributed by atoms with Gasteiger partial charge in [-0.05, 0) is 12.1 Å². The van der Waals surface area contributed by atoms with Crippen LogP contribution in [-0.4, -0.2) is 61.3 Å². The van der Waals surface area contributed by atoms with Gasteiger partial charge in [-0.2, -0.15) is 0 Å². The second-order valence-electron chi connectivity index (χ2n) is 4.18. The Morgan fingerprint density at radius 1 is 1.26 bits per heavy atom. The maximum atomic E-state index is 11.7. The lowest BCUT2D eigenvalue weighted by molar-refractivity contribution is 0.0382. The topological polar surface area (TPSA) is 92.0 Å². The Balaban J connectivity index is 1.75. The molecule has 2 N–H and O–H groups in total. The van der Waals surface area contributed by atoms with Crippen molar-refractivity contribution in [2.75, 3.05) is 39.4 Å². The predicted molar refractivity (Wildman–Crippen MR) is 65.3 cm³/mol. The second kappa shape index (κ2) is 6.35. The molecule has 1 amide bonds. The molecule has 1 aliphatic rings. The standard InChI is InChI=1S/C12H16N2O5/c15-11(9-1-2-10(19-9)12(16)17)13-3-4-14-5-7-18-8-6-14/h1-2H,3-8H2,(H,13,15)(H,16,17). The van der Waals surface area contributed by atoms with E-state index in [9.17, 15) is 9.59 Å². The van der Waals surface area contributed by atoms with Crippen molar-refractivity contribution in [3.63, 3.8) is 0 Å². The van der Waals surface area contributed by atoms with Gasteiger partial charge in [-0.1, -0.05) is 0 Å². The maximum Gasteiger partial charge on any atom is 0.371 e. The van der Waals surface area contributed by atoms with Crippen LogP contribution in [0.3, 0.4) is 0 Å². The van der Waals surface area contributed by atoms with Gasteiger partial charge in [0.25, 0.3) is 5.91 Å². The molecule has 0 bridgehead atoms. The number of nitrogens with one attached hydrogen (secondary N) is 1. The summed E-state index contributed by atoms with van der Waals surface area (Å²) in [4.78, 5) is 24.5. The average Bonchev–Trinajstić information content (AvgIpc) is 2.89. The van der Waals surface area contributed by atoms with Crippen molar-refractivity contribution in [2.24, 2.45) is 0 Å². The van der Waals surface area contributed by atoms with Crippen molar-refractivity contribution in [2.45, 2.75) is 0 Å². The number of aromatic carboxylic acids is 1. The number of carbonyl (C=O) groups is 2. The molecule has 0 spiro atoms. The van der Waals surface area contributed by atoms with E-state index in [4.69, 9.17) is 14.3 Å². The first-order chi connectivity index (χ1) is 9.16. The van der Waals surface area contributed by atoms with Gasteiger partial charge in [0.15, 0.2) is 5.76 Å². The normalized spacial score (nSPS) is 16.2. The van der Waals surface area contributed by atoms with Crippen LogP contribution in [0.2, 0.25) is 0 Å². The van der Waals surface area contributed by atoms with Crippen LogP contribution in [0.5, 0.6) is 0 Å². The van der Waals surface area contributed by atoms with Crippen LogP contribution >= 0.6 is 0 Å². The summed E-state index contributed by atoms with van der Waals surface area (Å²) in [6.07, 6.45) is 0. The molecule has 104 valence electrons. The van der Waals surface area contributed by atoms with Gasteiger partial charge in [0.1, 0.15) is 0 Å². The van der Waals surface area contributed by atoms with Gasteiger partial charge in [0.05, 0.1) is 13.2 Å². The van der Waals surface area contributed by atoms with Gasteiger partial charge in [-0.3, -0.25) is 9.69 Å². The number of ether oxygens (including phenoxy) is 1. The molecule has 1 aromatic heterocycles. The number of carboxylic acids is 1. The zero-order valence-corrected chi connectivity index (χ0v) is 10.4. The molecule has 1 fully saturated rings. The van der Waals surface area contributed by atoms with Gasteiger partial charge in [0.2, 0.25) is 5.76 Å². The number of carbonyl (C=O) groups excluding carboxylic acids is 1. The molecule has 7 nitrogen and oxygen atoms in total. The minimum atomic E-state index is -1.19. The number of nitrogens with zero attached hydrogens (tertiary/aromatic N) is 1. The van der Waals surface area contributed by atoms with Gasteiger partial charge in [-0.25, -0.2) is 4.79 Å². The highest BCUT2D eigenvalue weighted by molar-refractivity contribution is 5.93. The smallest absolute Gasteiger partial charge is 0.371 e. The molecule has 0 saturated carbocycles. The number of amides is 1. The summed E-state index contributed by atoms with van der Waals surface area (Å²) in [6, 6.07) is 2.62. The Hall–Kier alpha value is -1.86.